The average Bonchev–Trinajstić information content (AvgIpc) is 3.30. The summed E-state index contributed by atoms with van der Waals surface area (Å²) in [5.74, 6) is -0.734. The molecule has 142 valence electrons. The molecular weight excluding hydrogens is 349 g/mol. The SMILES string of the molecule is CCC1OC2(CCN(C(=O)c3ccc(-n4cccc4)c(F)c3)CC2)NC1=O. The summed E-state index contributed by atoms with van der Waals surface area (Å²) in [6, 6.07) is 8.17. The third-order valence-corrected chi connectivity index (χ3v) is 5.32. The number of likely N-dealkylation sites (tertiary alicyclic amines) is 1. The van der Waals surface area contributed by atoms with Gasteiger partial charge >= 0.3 is 0 Å². The first-order valence-electron chi connectivity index (χ1n) is 9.23. The second-order valence-corrected chi connectivity index (χ2v) is 7.05. The molecule has 1 N–H and O–H groups in total. The van der Waals surface area contributed by atoms with Crippen molar-refractivity contribution in [2.75, 3.05) is 13.1 Å². The third-order valence-electron chi connectivity index (χ3n) is 5.32. The Morgan fingerprint density at radius 3 is 2.59 bits per heavy atom. The molecule has 6 nitrogen and oxygen atoms in total. The highest BCUT2D eigenvalue weighted by atomic mass is 19.1. The number of amides is 2. The highest BCUT2D eigenvalue weighted by molar-refractivity contribution is 5.94. The van der Waals surface area contributed by atoms with Gasteiger partial charge in [0, 0.05) is 43.9 Å². The van der Waals surface area contributed by atoms with Crippen LogP contribution in [0.2, 0.25) is 0 Å². The fraction of sp³-hybridized carbons (Fsp3) is 0.400. The Balaban J connectivity index is 1.44. The first kappa shape index (κ1) is 17.7. The quantitative estimate of drug-likeness (QED) is 0.902. The van der Waals surface area contributed by atoms with E-state index >= 15 is 0 Å². The molecule has 1 aromatic carbocycles. The Kier molecular flexibility index (Phi) is 4.47. The summed E-state index contributed by atoms with van der Waals surface area (Å²) in [6.07, 6.45) is 4.79. The average molecular weight is 371 g/mol. The monoisotopic (exact) mass is 371 g/mol. The van der Waals surface area contributed by atoms with Crippen molar-refractivity contribution in [2.24, 2.45) is 0 Å². The van der Waals surface area contributed by atoms with Gasteiger partial charge in [-0.15, -0.1) is 0 Å². The number of hydrogen-bond acceptors (Lipinski definition) is 3. The molecule has 7 heteroatoms. The molecule has 1 aromatic heterocycles. The predicted molar refractivity (Wildman–Crippen MR) is 96.9 cm³/mol. The second kappa shape index (κ2) is 6.81. The number of nitrogens with one attached hydrogen (secondary N) is 1. The number of hydrogen-bond donors (Lipinski definition) is 1. The molecule has 3 heterocycles. The van der Waals surface area contributed by atoms with E-state index in [-0.39, 0.29) is 11.8 Å². The topological polar surface area (TPSA) is 63.6 Å². The number of carbonyl (C=O) groups excluding carboxylic acids is 2. The molecule has 0 bridgehead atoms. The summed E-state index contributed by atoms with van der Waals surface area (Å²) >= 11 is 0. The molecule has 27 heavy (non-hydrogen) atoms. The van der Waals surface area contributed by atoms with Crippen LogP contribution < -0.4 is 5.32 Å². The Bertz CT molecular complexity index is 857. The van der Waals surface area contributed by atoms with Crippen molar-refractivity contribution >= 4 is 11.8 Å². The number of benzene rings is 1. The lowest BCUT2D eigenvalue weighted by Crippen LogP contribution is -2.53. The lowest BCUT2D eigenvalue weighted by molar-refractivity contribution is -0.124. The Labute approximate surface area is 156 Å². The predicted octanol–water partition coefficient (Wildman–Crippen LogP) is 2.47. The zero-order valence-corrected chi connectivity index (χ0v) is 15.2. The van der Waals surface area contributed by atoms with E-state index in [2.05, 4.69) is 5.32 Å². The van der Waals surface area contributed by atoms with E-state index < -0.39 is 17.6 Å². The van der Waals surface area contributed by atoms with Gasteiger partial charge in [-0.1, -0.05) is 6.92 Å². The third kappa shape index (κ3) is 3.23. The first-order chi connectivity index (χ1) is 13.0. The molecule has 0 aliphatic carbocycles. The molecule has 1 atom stereocenters. The van der Waals surface area contributed by atoms with Crippen molar-refractivity contribution in [3.63, 3.8) is 0 Å². The van der Waals surface area contributed by atoms with E-state index in [1.807, 2.05) is 19.1 Å². The smallest absolute Gasteiger partial charge is 0.253 e. The van der Waals surface area contributed by atoms with Crippen molar-refractivity contribution in [1.29, 1.82) is 0 Å². The fourth-order valence-corrected chi connectivity index (χ4v) is 3.77. The van der Waals surface area contributed by atoms with Crippen molar-refractivity contribution in [1.82, 2.24) is 14.8 Å². The van der Waals surface area contributed by atoms with Gasteiger partial charge in [0.1, 0.15) is 17.6 Å². The van der Waals surface area contributed by atoms with Gasteiger partial charge in [-0.2, -0.15) is 0 Å². The summed E-state index contributed by atoms with van der Waals surface area (Å²) in [5, 5.41) is 2.94. The molecule has 2 aliphatic heterocycles. The maximum Gasteiger partial charge on any atom is 0.253 e. The summed E-state index contributed by atoms with van der Waals surface area (Å²) < 4.78 is 22.0. The van der Waals surface area contributed by atoms with Crippen LogP contribution in [0.3, 0.4) is 0 Å². The lowest BCUT2D eigenvalue weighted by Gasteiger charge is -2.38. The van der Waals surface area contributed by atoms with E-state index in [0.717, 1.165) is 0 Å². The van der Waals surface area contributed by atoms with Gasteiger partial charge in [0.25, 0.3) is 11.8 Å². The summed E-state index contributed by atoms with van der Waals surface area (Å²) in [6.45, 7) is 2.82. The second-order valence-electron chi connectivity index (χ2n) is 7.05. The first-order valence-corrected chi connectivity index (χ1v) is 9.23. The molecule has 1 spiro atoms. The minimum Gasteiger partial charge on any atom is -0.343 e. The van der Waals surface area contributed by atoms with Gasteiger partial charge in [0.05, 0.1) is 5.69 Å². The van der Waals surface area contributed by atoms with Crippen LogP contribution in [0.5, 0.6) is 0 Å². The molecule has 2 saturated heterocycles. The van der Waals surface area contributed by atoms with Gasteiger partial charge < -0.3 is 19.5 Å². The molecule has 2 amide bonds. The summed E-state index contributed by atoms with van der Waals surface area (Å²) in [7, 11) is 0. The van der Waals surface area contributed by atoms with Gasteiger partial charge in [0.15, 0.2) is 0 Å². The molecule has 1 unspecified atom stereocenters. The van der Waals surface area contributed by atoms with Crippen LogP contribution in [0.4, 0.5) is 4.39 Å². The minimum absolute atomic E-state index is 0.0834. The molecule has 2 fully saturated rings. The van der Waals surface area contributed by atoms with Crippen LogP contribution in [0.1, 0.15) is 36.5 Å². The molecule has 2 aromatic rings. The summed E-state index contributed by atoms with van der Waals surface area (Å²) in [5.41, 5.74) is 0.0573. The molecule has 4 rings (SSSR count). The van der Waals surface area contributed by atoms with Crippen molar-refractivity contribution < 1.29 is 18.7 Å². The van der Waals surface area contributed by atoms with Crippen LogP contribution in [0.15, 0.2) is 42.7 Å². The minimum atomic E-state index is -0.669. The van der Waals surface area contributed by atoms with E-state index in [1.165, 1.54) is 6.07 Å². The largest absolute Gasteiger partial charge is 0.343 e. The highest BCUT2D eigenvalue weighted by Gasteiger charge is 2.46. The maximum absolute atomic E-state index is 14.4. The van der Waals surface area contributed by atoms with Crippen LogP contribution in [-0.2, 0) is 9.53 Å². The van der Waals surface area contributed by atoms with Crippen LogP contribution >= 0.6 is 0 Å². The maximum atomic E-state index is 14.4. The number of rotatable bonds is 3. The van der Waals surface area contributed by atoms with Crippen LogP contribution in [-0.4, -0.2) is 46.2 Å². The fourth-order valence-electron chi connectivity index (χ4n) is 3.77. The van der Waals surface area contributed by atoms with Crippen molar-refractivity contribution in [3.05, 3.63) is 54.1 Å². The van der Waals surface area contributed by atoms with Crippen LogP contribution in [0, 0.1) is 5.82 Å². The number of ether oxygens (including phenoxy) is 1. The van der Waals surface area contributed by atoms with E-state index in [0.29, 0.717) is 43.6 Å². The number of halogens is 1. The molecular formula is C20H22FN3O3. The van der Waals surface area contributed by atoms with E-state index in [4.69, 9.17) is 4.74 Å². The highest BCUT2D eigenvalue weighted by Crippen LogP contribution is 2.31. The van der Waals surface area contributed by atoms with Gasteiger partial charge in [-0.3, -0.25) is 9.59 Å². The van der Waals surface area contributed by atoms with Crippen molar-refractivity contribution in [3.8, 4) is 5.69 Å². The van der Waals surface area contributed by atoms with Gasteiger partial charge in [-0.05, 0) is 36.8 Å². The van der Waals surface area contributed by atoms with E-state index in [9.17, 15) is 14.0 Å². The molecule has 0 radical (unpaired) electrons. The number of carbonyl (C=O) groups is 2. The van der Waals surface area contributed by atoms with E-state index in [1.54, 1.807) is 34.0 Å². The number of aromatic nitrogens is 1. The zero-order chi connectivity index (χ0) is 19.0. The summed E-state index contributed by atoms with van der Waals surface area (Å²) in [4.78, 5) is 26.4. The van der Waals surface area contributed by atoms with Gasteiger partial charge in [0.2, 0.25) is 0 Å². The Hall–Kier alpha value is -2.67. The standard InChI is InChI=1S/C20H22FN3O3/c1-2-17-18(25)22-20(27-17)7-11-24(12-8-20)19(26)14-5-6-16(15(21)13-14)23-9-3-4-10-23/h3-6,9-10,13,17H,2,7-8,11-12H2,1H3,(H,22,25). The lowest BCUT2D eigenvalue weighted by atomic mass is 10.00. The Morgan fingerprint density at radius 1 is 1.30 bits per heavy atom. The zero-order valence-electron chi connectivity index (χ0n) is 15.2. The van der Waals surface area contributed by atoms with Crippen LogP contribution in [0.25, 0.3) is 5.69 Å². The van der Waals surface area contributed by atoms with Gasteiger partial charge in [-0.25, -0.2) is 4.39 Å². The molecule has 2 aliphatic rings. The molecule has 0 saturated carbocycles. The number of nitrogens with zero attached hydrogens (tertiary/aromatic N) is 2. The Morgan fingerprint density at radius 2 is 2.00 bits per heavy atom. The van der Waals surface area contributed by atoms with Crippen molar-refractivity contribution in [2.45, 2.75) is 38.0 Å². The number of piperidine rings is 1. The normalized spacial score (nSPS) is 21.5.